The van der Waals surface area contributed by atoms with E-state index in [1.807, 2.05) is 70.2 Å². The molecular formula is C26H28N6O2. The van der Waals surface area contributed by atoms with Crippen LogP contribution in [0.1, 0.15) is 31.9 Å². The molecule has 0 fully saturated rings. The number of imidazole rings is 1. The molecule has 0 N–H and O–H groups in total. The van der Waals surface area contributed by atoms with Crippen molar-refractivity contribution in [2.75, 3.05) is 5.01 Å². The maximum absolute atomic E-state index is 13.7. The summed E-state index contributed by atoms with van der Waals surface area (Å²) >= 11 is 0. The Labute approximate surface area is 197 Å². The van der Waals surface area contributed by atoms with E-state index in [0.29, 0.717) is 30.2 Å². The molecule has 4 aromatic rings. The summed E-state index contributed by atoms with van der Waals surface area (Å²) in [6.45, 7) is 7.49. The zero-order valence-electron chi connectivity index (χ0n) is 19.9. The predicted molar refractivity (Wildman–Crippen MR) is 134 cm³/mol. The molecule has 1 aliphatic rings. The van der Waals surface area contributed by atoms with Gasteiger partial charge in [-0.15, -0.1) is 0 Å². The van der Waals surface area contributed by atoms with Crippen molar-refractivity contribution < 1.29 is 0 Å². The van der Waals surface area contributed by atoms with Crippen LogP contribution in [0, 0.1) is 5.41 Å². The van der Waals surface area contributed by atoms with Crippen molar-refractivity contribution in [3.8, 4) is 0 Å². The molecule has 8 nitrogen and oxygen atoms in total. The molecule has 0 saturated carbocycles. The molecule has 0 saturated heterocycles. The Bertz CT molecular complexity index is 1500. The van der Waals surface area contributed by atoms with Gasteiger partial charge in [0.25, 0.3) is 5.56 Å². The first kappa shape index (κ1) is 21.9. The summed E-state index contributed by atoms with van der Waals surface area (Å²) in [4.78, 5) is 31.6. The second-order valence-corrected chi connectivity index (χ2v) is 9.73. The fraction of sp³-hybridized carbons (Fsp3) is 0.308. The topological polar surface area (TPSA) is 77.4 Å². The summed E-state index contributed by atoms with van der Waals surface area (Å²) in [5, 5.41) is 6.77. The first-order valence-electron chi connectivity index (χ1n) is 11.4. The van der Waals surface area contributed by atoms with E-state index in [1.54, 1.807) is 7.05 Å². The van der Waals surface area contributed by atoms with Crippen LogP contribution in [0.4, 0.5) is 5.95 Å². The molecule has 0 bridgehead atoms. The van der Waals surface area contributed by atoms with Gasteiger partial charge in [0.1, 0.15) is 0 Å². The smallest absolute Gasteiger partial charge is 0.297 e. The summed E-state index contributed by atoms with van der Waals surface area (Å²) in [5.74, 6) is 0.566. The van der Waals surface area contributed by atoms with E-state index >= 15 is 0 Å². The maximum Gasteiger partial charge on any atom is 0.332 e. The van der Waals surface area contributed by atoms with E-state index in [4.69, 9.17) is 10.1 Å². The minimum Gasteiger partial charge on any atom is -0.297 e. The third-order valence-corrected chi connectivity index (χ3v) is 6.22. The van der Waals surface area contributed by atoms with Crippen molar-refractivity contribution in [3.63, 3.8) is 0 Å². The van der Waals surface area contributed by atoms with Crippen molar-refractivity contribution in [1.82, 2.24) is 18.7 Å². The lowest BCUT2D eigenvalue weighted by Gasteiger charge is -2.31. The SMILES string of the molecule is Cn1c(=O)n(Cc2ccccc2)c(=O)c2c1nc1n2CC(C(C)(C)C)=NN1Cc1ccccc1. The summed E-state index contributed by atoms with van der Waals surface area (Å²) in [5.41, 5.74) is 2.78. The normalized spacial score (nSPS) is 13.8. The molecule has 0 atom stereocenters. The zero-order valence-corrected chi connectivity index (χ0v) is 19.9. The number of nitrogens with zero attached hydrogens (tertiary/aromatic N) is 6. The van der Waals surface area contributed by atoms with Gasteiger partial charge in [-0.2, -0.15) is 10.1 Å². The Balaban J connectivity index is 1.71. The van der Waals surface area contributed by atoms with E-state index in [-0.39, 0.29) is 23.2 Å². The van der Waals surface area contributed by atoms with Crippen LogP contribution in [0.3, 0.4) is 0 Å². The molecule has 0 spiro atoms. The molecule has 5 rings (SSSR count). The first-order chi connectivity index (χ1) is 16.2. The molecule has 0 amide bonds. The van der Waals surface area contributed by atoms with Crippen LogP contribution in [-0.2, 0) is 26.7 Å². The van der Waals surface area contributed by atoms with Crippen LogP contribution in [0.2, 0.25) is 0 Å². The van der Waals surface area contributed by atoms with E-state index in [9.17, 15) is 9.59 Å². The third kappa shape index (κ3) is 3.75. The van der Waals surface area contributed by atoms with Gasteiger partial charge >= 0.3 is 5.69 Å². The Hall–Kier alpha value is -3.94. The number of rotatable bonds is 4. The van der Waals surface area contributed by atoms with Crippen molar-refractivity contribution in [2.24, 2.45) is 17.6 Å². The number of aromatic nitrogens is 4. The van der Waals surface area contributed by atoms with Crippen LogP contribution in [0.15, 0.2) is 75.4 Å². The molecule has 0 radical (unpaired) electrons. The minimum atomic E-state index is -0.386. The molecular weight excluding hydrogens is 428 g/mol. The Kier molecular flexibility index (Phi) is 5.23. The summed E-state index contributed by atoms with van der Waals surface area (Å²) in [6.07, 6.45) is 0. The number of hydrazone groups is 1. The average molecular weight is 457 g/mol. The second-order valence-electron chi connectivity index (χ2n) is 9.73. The number of anilines is 1. The summed E-state index contributed by atoms with van der Waals surface area (Å²) < 4.78 is 4.66. The monoisotopic (exact) mass is 456 g/mol. The Morgan fingerprint density at radius 1 is 0.882 bits per heavy atom. The fourth-order valence-corrected chi connectivity index (χ4v) is 4.23. The fourth-order valence-electron chi connectivity index (χ4n) is 4.23. The highest BCUT2D eigenvalue weighted by atomic mass is 16.2. The van der Waals surface area contributed by atoms with Crippen molar-refractivity contribution in [3.05, 3.63) is 92.6 Å². The van der Waals surface area contributed by atoms with Crippen LogP contribution in [-0.4, -0.2) is 24.4 Å². The largest absolute Gasteiger partial charge is 0.332 e. The molecule has 34 heavy (non-hydrogen) atoms. The highest BCUT2D eigenvalue weighted by molar-refractivity contribution is 5.93. The zero-order chi connectivity index (χ0) is 24.0. The molecule has 0 aliphatic carbocycles. The van der Waals surface area contributed by atoms with Gasteiger partial charge in [-0.1, -0.05) is 81.4 Å². The predicted octanol–water partition coefficient (Wildman–Crippen LogP) is 3.37. The van der Waals surface area contributed by atoms with Gasteiger partial charge in [-0.3, -0.25) is 18.5 Å². The van der Waals surface area contributed by atoms with E-state index < -0.39 is 0 Å². The lowest BCUT2D eigenvalue weighted by molar-refractivity contribution is 0.548. The summed E-state index contributed by atoms with van der Waals surface area (Å²) in [7, 11) is 1.66. The quantitative estimate of drug-likeness (QED) is 0.472. The lowest BCUT2D eigenvalue weighted by atomic mass is 9.89. The van der Waals surface area contributed by atoms with Crippen LogP contribution in [0.5, 0.6) is 0 Å². The molecule has 8 heteroatoms. The first-order valence-corrected chi connectivity index (χ1v) is 11.4. The number of benzene rings is 2. The van der Waals surface area contributed by atoms with Crippen molar-refractivity contribution in [1.29, 1.82) is 0 Å². The van der Waals surface area contributed by atoms with Crippen LogP contribution >= 0.6 is 0 Å². The molecule has 1 aliphatic heterocycles. The lowest BCUT2D eigenvalue weighted by Crippen LogP contribution is -2.41. The van der Waals surface area contributed by atoms with Gasteiger partial charge in [0, 0.05) is 12.5 Å². The number of fused-ring (bicyclic) bond motifs is 3. The van der Waals surface area contributed by atoms with Crippen molar-refractivity contribution >= 4 is 22.8 Å². The van der Waals surface area contributed by atoms with E-state index in [2.05, 4.69) is 20.8 Å². The molecule has 2 aromatic heterocycles. The van der Waals surface area contributed by atoms with E-state index in [1.165, 1.54) is 9.13 Å². The number of hydrogen-bond donors (Lipinski definition) is 0. The van der Waals surface area contributed by atoms with Gasteiger partial charge in [0.15, 0.2) is 11.2 Å². The van der Waals surface area contributed by atoms with Crippen LogP contribution in [0.25, 0.3) is 11.2 Å². The van der Waals surface area contributed by atoms with Gasteiger partial charge in [0.2, 0.25) is 5.95 Å². The second kappa shape index (κ2) is 8.13. The maximum atomic E-state index is 13.7. The van der Waals surface area contributed by atoms with Gasteiger partial charge in [-0.25, -0.2) is 9.80 Å². The van der Waals surface area contributed by atoms with Gasteiger partial charge in [-0.05, 0) is 11.1 Å². The number of hydrogen-bond acceptors (Lipinski definition) is 5. The third-order valence-electron chi connectivity index (χ3n) is 6.22. The minimum absolute atomic E-state index is 0.201. The van der Waals surface area contributed by atoms with E-state index in [0.717, 1.165) is 16.8 Å². The van der Waals surface area contributed by atoms with Gasteiger partial charge < -0.3 is 0 Å². The average Bonchev–Trinajstić information content (AvgIpc) is 3.21. The summed E-state index contributed by atoms with van der Waals surface area (Å²) in [6, 6.07) is 19.6. The Morgan fingerprint density at radius 2 is 1.47 bits per heavy atom. The Morgan fingerprint density at radius 3 is 2.06 bits per heavy atom. The molecule has 2 aromatic carbocycles. The van der Waals surface area contributed by atoms with Crippen molar-refractivity contribution in [2.45, 2.75) is 40.4 Å². The molecule has 174 valence electrons. The molecule has 3 heterocycles. The molecule has 0 unspecified atom stereocenters. The number of aryl methyl sites for hydroxylation is 1. The highest BCUT2D eigenvalue weighted by Gasteiger charge is 2.31. The highest BCUT2D eigenvalue weighted by Crippen LogP contribution is 2.30. The standard InChI is InChI=1S/C26H28N6O2/c1-26(2,3)20-17-30-21-22(27-24(30)32(28-20)16-19-13-9-6-10-14-19)29(4)25(34)31(23(21)33)15-18-11-7-5-8-12-18/h5-14H,15-17H2,1-4H3. The van der Waals surface area contributed by atoms with Gasteiger partial charge in [0.05, 0.1) is 25.3 Å². The van der Waals surface area contributed by atoms with Crippen LogP contribution < -0.4 is 16.3 Å².